The molecular weight excluding hydrogens is 957 g/mol. The number of ether oxygens (including phenoxy) is 2. The van der Waals surface area contributed by atoms with Crippen molar-refractivity contribution in [2.45, 2.75) is 328 Å². The van der Waals surface area contributed by atoms with Crippen molar-refractivity contribution in [3.63, 3.8) is 0 Å². The number of carbonyl (C=O) groups excluding carboxylic acids is 2. The van der Waals surface area contributed by atoms with Gasteiger partial charge in [0.2, 0.25) is 0 Å². The van der Waals surface area contributed by atoms with Crippen molar-refractivity contribution >= 4 is 11.9 Å². The molecule has 78 heavy (non-hydrogen) atoms. The molecule has 448 valence electrons. The number of hydrogen-bond donors (Lipinski definition) is 1. The highest BCUT2D eigenvalue weighted by atomic mass is 16.6. The van der Waals surface area contributed by atoms with Crippen molar-refractivity contribution in [3.8, 4) is 0 Å². The fraction of sp³-hybridized carbons (Fsp3) is 0.726. The van der Waals surface area contributed by atoms with Gasteiger partial charge in [-0.15, -0.1) is 0 Å². The smallest absolute Gasteiger partial charge is 0.306 e. The first-order valence-corrected chi connectivity index (χ1v) is 33.4. The lowest BCUT2D eigenvalue weighted by Crippen LogP contribution is -2.28. The van der Waals surface area contributed by atoms with Gasteiger partial charge in [-0.05, 0) is 96.3 Å². The average Bonchev–Trinajstić information content (AvgIpc) is 3.44. The summed E-state index contributed by atoms with van der Waals surface area (Å²) < 4.78 is 10.8. The highest BCUT2D eigenvalue weighted by Gasteiger charge is 2.16. The minimum absolute atomic E-state index is 0.0661. The van der Waals surface area contributed by atoms with E-state index in [9.17, 15) is 14.7 Å². The van der Waals surface area contributed by atoms with E-state index in [1.165, 1.54) is 199 Å². The van der Waals surface area contributed by atoms with Gasteiger partial charge in [0.25, 0.3) is 0 Å². The Morgan fingerprint density at radius 1 is 0.295 bits per heavy atom. The van der Waals surface area contributed by atoms with Crippen LogP contribution in [0.5, 0.6) is 0 Å². The number of esters is 2. The van der Waals surface area contributed by atoms with Crippen LogP contribution in [-0.2, 0) is 19.1 Å². The monoisotopic (exact) mass is 1080 g/mol. The van der Waals surface area contributed by atoms with Crippen LogP contribution in [-0.4, -0.2) is 36.4 Å². The number of unbranched alkanes of at least 4 members (excludes halogenated alkanes) is 35. The molecule has 0 aromatic carbocycles. The molecule has 1 unspecified atom stereocenters. The van der Waals surface area contributed by atoms with Gasteiger partial charge in [-0.3, -0.25) is 9.59 Å². The maximum atomic E-state index is 12.4. The van der Waals surface area contributed by atoms with E-state index in [2.05, 4.69) is 123 Å². The number of rotatable bonds is 61. The third kappa shape index (κ3) is 65.1. The molecule has 5 heteroatoms. The molecule has 0 aliphatic rings. The zero-order chi connectivity index (χ0) is 56.2. The van der Waals surface area contributed by atoms with Gasteiger partial charge in [0.15, 0.2) is 6.10 Å². The van der Waals surface area contributed by atoms with Crippen LogP contribution >= 0.6 is 0 Å². The minimum Gasteiger partial charge on any atom is -0.462 e. The van der Waals surface area contributed by atoms with Crippen LogP contribution in [0.2, 0.25) is 0 Å². The maximum Gasteiger partial charge on any atom is 0.306 e. The van der Waals surface area contributed by atoms with Gasteiger partial charge in [-0.25, -0.2) is 0 Å². The quantitative estimate of drug-likeness (QED) is 0.0373. The molecule has 1 atom stereocenters. The lowest BCUT2D eigenvalue weighted by Gasteiger charge is -2.15. The number of hydrogen-bond acceptors (Lipinski definition) is 5. The van der Waals surface area contributed by atoms with Crippen molar-refractivity contribution in [2.24, 2.45) is 0 Å². The summed E-state index contributed by atoms with van der Waals surface area (Å²) in [5.41, 5.74) is 0. The molecule has 0 saturated heterocycles. The molecule has 0 rings (SSSR count). The zero-order valence-corrected chi connectivity index (χ0v) is 51.4. The maximum absolute atomic E-state index is 12.4. The molecule has 0 aromatic rings. The highest BCUT2D eigenvalue weighted by Crippen LogP contribution is 2.18. The normalized spacial score (nSPS) is 12.9. The molecule has 0 fully saturated rings. The third-order valence-electron chi connectivity index (χ3n) is 14.6. The predicted molar refractivity (Wildman–Crippen MR) is 343 cm³/mol. The van der Waals surface area contributed by atoms with Crippen molar-refractivity contribution in [1.82, 2.24) is 0 Å². The molecular formula is C73H126O5. The van der Waals surface area contributed by atoms with Gasteiger partial charge < -0.3 is 14.6 Å². The molecule has 0 heterocycles. The van der Waals surface area contributed by atoms with E-state index >= 15 is 0 Å². The van der Waals surface area contributed by atoms with E-state index in [-0.39, 0.29) is 25.2 Å². The largest absolute Gasteiger partial charge is 0.462 e. The topological polar surface area (TPSA) is 72.8 Å². The summed E-state index contributed by atoms with van der Waals surface area (Å²) in [5.74, 6) is -0.580. The van der Waals surface area contributed by atoms with E-state index in [1.807, 2.05) is 0 Å². The predicted octanol–water partition coefficient (Wildman–Crippen LogP) is 23.2. The molecule has 0 bridgehead atoms. The van der Waals surface area contributed by atoms with Crippen LogP contribution in [0.1, 0.15) is 322 Å². The molecule has 0 amide bonds. The number of aliphatic hydroxyl groups excluding tert-OH is 1. The zero-order valence-electron chi connectivity index (χ0n) is 51.4. The van der Waals surface area contributed by atoms with Crippen molar-refractivity contribution < 1.29 is 24.2 Å². The third-order valence-corrected chi connectivity index (χ3v) is 14.6. The van der Waals surface area contributed by atoms with Gasteiger partial charge in [0.05, 0.1) is 6.61 Å². The Labute approximate surface area is 484 Å². The van der Waals surface area contributed by atoms with Crippen LogP contribution in [0.4, 0.5) is 0 Å². The van der Waals surface area contributed by atoms with E-state index in [4.69, 9.17) is 9.47 Å². The van der Waals surface area contributed by atoms with Crippen molar-refractivity contribution in [2.75, 3.05) is 13.2 Å². The molecule has 5 nitrogen and oxygen atoms in total. The molecule has 0 saturated carbocycles. The number of aliphatic hydroxyl groups is 1. The Morgan fingerprint density at radius 2 is 0.513 bits per heavy atom. The summed E-state index contributed by atoms with van der Waals surface area (Å²) in [6.07, 6.45) is 98.2. The Hall–Kier alpha value is -3.44. The first-order chi connectivity index (χ1) is 38.6. The molecule has 0 aliphatic heterocycles. The summed E-state index contributed by atoms with van der Waals surface area (Å²) >= 11 is 0. The van der Waals surface area contributed by atoms with Gasteiger partial charge in [-0.1, -0.05) is 322 Å². The second kappa shape index (κ2) is 67.8. The standard InChI is InChI=1S/C73H126O5/c1-3-5-7-9-11-13-15-17-19-21-23-25-27-29-31-33-35-36-38-39-41-43-45-47-49-51-53-55-57-59-61-63-65-67-72(75)77-70-71(69-74)78-73(76)68-66-64-62-60-58-56-54-52-50-48-46-44-42-40-37-34-32-30-28-26-24-22-20-18-16-14-12-10-8-6-4-2/h5-8,11-14,17-20,23-26,30,32,71,74H,3-4,9-10,15-16,21-22,27-29,31,33-70H2,1-2H3/b7-5-,8-6-,13-11-,14-12-,19-17-,20-18-,25-23-,26-24-,32-30-. The van der Waals surface area contributed by atoms with Gasteiger partial charge >= 0.3 is 11.9 Å². The molecule has 0 radical (unpaired) electrons. The molecule has 0 spiro atoms. The van der Waals surface area contributed by atoms with Crippen LogP contribution in [0.3, 0.4) is 0 Å². The fourth-order valence-electron chi connectivity index (χ4n) is 9.64. The van der Waals surface area contributed by atoms with E-state index in [0.717, 1.165) is 96.3 Å². The number of allylic oxidation sites excluding steroid dienone is 18. The van der Waals surface area contributed by atoms with Gasteiger partial charge in [0.1, 0.15) is 6.61 Å². The lowest BCUT2D eigenvalue weighted by atomic mass is 10.0. The lowest BCUT2D eigenvalue weighted by molar-refractivity contribution is -0.161. The first-order valence-electron chi connectivity index (χ1n) is 33.4. The molecule has 0 aromatic heterocycles. The highest BCUT2D eigenvalue weighted by molar-refractivity contribution is 5.70. The summed E-state index contributed by atoms with van der Waals surface area (Å²) in [7, 11) is 0. The fourth-order valence-corrected chi connectivity index (χ4v) is 9.64. The number of carbonyl (C=O) groups is 2. The van der Waals surface area contributed by atoms with E-state index in [0.29, 0.717) is 12.8 Å². The summed E-state index contributed by atoms with van der Waals surface area (Å²) in [6.45, 7) is 3.95. The molecule has 1 N–H and O–H groups in total. The minimum atomic E-state index is -0.777. The van der Waals surface area contributed by atoms with Crippen LogP contribution in [0.25, 0.3) is 0 Å². The van der Waals surface area contributed by atoms with Crippen LogP contribution < -0.4 is 0 Å². The van der Waals surface area contributed by atoms with Crippen molar-refractivity contribution in [3.05, 3.63) is 109 Å². The van der Waals surface area contributed by atoms with Gasteiger partial charge in [-0.2, -0.15) is 0 Å². The Bertz CT molecular complexity index is 1510. The summed E-state index contributed by atoms with van der Waals surface area (Å²) in [4.78, 5) is 24.6. The second-order valence-electron chi connectivity index (χ2n) is 22.1. The van der Waals surface area contributed by atoms with E-state index in [1.54, 1.807) is 0 Å². The second-order valence-corrected chi connectivity index (χ2v) is 22.1. The Morgan fingerprint density at radius 3 is 0.769 bits per heavy atom. The average molecular weight is 1080 g/mol. The van der Waals surface area contributed by atoms with Crippen molar-refractivity contribution in [1.29, 1.82) is 0 Å². The Balaban J connectivity index is 3.44. The van der Waals surface area contributed by atoms with E-state index < -0.39 is 6.10 Å². The van der Waals surface area contributed by atoms with Crippen LogP contribution in [0.15, 0.2) is 109 Å². The Kier molecular flexibility index (Phi) is 64.8. The van der Waals surface area contributed by atoms with Gasteiger partial charge in [0, 0.05) is 12.8 Å². The summed E-state index contributed by atoms with van der Waals surface area (Å²) in [5, 5.41) is 9.70. The SMILES string of the molecule is CC/C=C\C/C=C\C/C=C\C/C=C\C/C=C\CCCCCCCCCCCCCCCCCC(=O)OC(CO)COC(=O)CCCCCCCCCCCCCCCCCCCCCC/C=C\C/C=C\C/C=C\C/C=C\CC. The van der Waals surface area contributed by atoms with Crippen LogP contribution in [0, 0.1) is 0 Å². The molecule has 0 aliphatic carbocycles. The summed E-state index contributed by atoms with van der Waals surface area (Å²) in [6, 6.07) is 0. The first kappa shape index (κ1) is 74.6.